The zero-order valence-electron chi connectivity index (χ0n) is 7.81. The summed E-state index contributed by atoms with van der Waals surface area (Å²) in [6.07, 6.45) is 1.65. The highest BCUT2D eigenvalue weighted by Gasteiger charge is 2.05. The van der Waals surface area contributed by atoms with Crippen LogP contribution in [0.25, 0.3) is 0 Å². The standard InChI is InChI=1S/C10H12NO3/c1-2-3-7-14-10-6-4-5-9(8-10)11(12)13/h4-6,8H,1-3,7H2. The first kappa shape index (κ1) is 10.5. The van der Waals surface area contributed by atoms with Gasteiger partial charge in [0.25, 0.3) is 5.69 Å². The van der Waals surface area contributed by atoms with E-state index in [-0.39, 0.29) is 5.69 Å². The Labute approximate surface area is 82.7 Å². The van der Waals surface area contributed by atoms with Gasteiger partial charge in [0.2, 0.25) is 0 Å². The first-order chi connectivity index (χ1) is 6.74. The van der Waals surface area contributed by atoms with Gasteiger partial charge in [-0.05, 0) is 12.5 Å². The van der Waals surface area contributed by atoms with Gasteiger partial charge in [-0.15, -0.1) is 0 Å². The zero-order valence-corrected chi connectivity index (χ0v) is 7.81. The van der Waals surface area contributed by atoms with Crippen molar-refractivity contribution in [2.45, 2.75) is 12.8 Å². The van der Waals surface area contributed by atoms with Gasteiger partial charge in [0, 0.05) is 6.07 Å². The molecule has 0 aliphatic heterocycles. The van der Waals surface area contributed by atoms with Crippen molar-refractivity contribution in [2.24, 2.45) is 0 Å². The number of unbranched alkanes of at least 4 members (excludes halogenated alkanes) is 1. The molecule has 14 heavy (non-hydrogen) atoms. The third-order valence-corrected chi connectivity index (χ3v) is 1.69. The quantitative estimate of drug-likeness (QED) is 0.411. The van der Waals surface area contributed by atoms with Crippen LogP contribution >= 0.6 is 0 Å². The number of nitro benzene ring substituents is 1. The number of hydrogen-bond donors (Lipinski definition) is 0. The van der Waals surface area contributed by atoms with E-state index in [9.17, 15) is 10.1 Å². The first-order valence-corrected chi connectivity index (χ1v) is 4.40. The molecule has 0 aliphatic rings. The summed E-state index contributed by atoms with van der Waals surface area (Å²) in [7, 11) is 0. The molecule has 0 atom stereocenters. The number of benzene rings is 1. The van der Waals surface area contributed by atoms with Crippen LogP contribution in [0.1, 0.15) is 12.8 Å². The van der Waals surface area contributed by atoms with Gasteiger partial charge < -0.3 is 4.74 Å². The fraction of sp³-hybridized carbons (Fsp3) is 0.300. The minimum absolute atomic E-state index is 0.0529. The van der Waals surface area contributed by atoms with Crippen LogP contribution in [0.4, 0.5) is 5.69 Å². The molecular weight excluding hydrogens is 182 g/mol. The van der Waals surface area contributed by atoms with Crippen molar-refractivity contribution in [1.29, 1.82) is 0 Å². The number of nitro groups is 1. The molecule has 0 heterocycles. The Morgan fingerprint density at radius 2 is 2.29 bits per heavy atom. The van der Waals surface area contributed by atoms with Crippen molar-refractivity contribution in [3.05, 3.63) is 41.3 Å². The van der Waals surface area contributed by atoms with Crippen molar-refractivity contribution < 1.29 is 9.66 Å². The van der Waals surface area contributed by atoms with E-state index >= 15 is 0 Å². The Balaban J connectivity index is 2.59. The smallest absolute Gasteiger partial charge is 0.273 e. The van der Waals surface area contributed by atoms with E-state index in [2.05, 4.69) is 6.92 Å². The van der Waals surface area contributed by atoms with E-state index in [4.69, 9.17) is 4.74 Å². The lowest BCUT2D eigenvalue weighted by atomic mass is 10.3. The van der Waals surface area contributed by atoms with Gasteiger partial charge in [0.05, 0.1) is 17.6 Å². The summed E-state index contributed by atoms with van der Waals surface area (Å²) in [5.74, 6) is 0.535. The molecule has 0 unspecified atom stereocenters. The van der Waals surface area contributed by atoms with Crippen LogP contribution in [0.5, 0.6) is 5.75 Å². The third kappa shape index (κ3) is 3.05. The SMILES string of the molecule is [CH2]CCCOc1cccc([N+](=O)[O-])c1. The summed E-state index contributed by atoms with van der Waals surface area (Å²) in [6.45, 7) is 4.22. The topological polar surface area (TPSA) is 52.4 Å². The van der Waals surface area contributed by atoms with Crippen molar-refractivity contribution in [1.82, 2.24) is 0 Å². The number of non-ortho nitro benzene ring substituents is 1. The molecule has 4 heteroatoms. The lowest BCUT2D eigenvalue weighted by molar-refractivity contribution is -0.384. The monoisotopic (exact) mass is 194 g/mol. The maximum absolute atomic E-state index is 10.4. The maximum Gasteiger partial charge on any atom is 0.273 e. The summed E-state index contributed by atoms with van der Waals surface area (Å²) < 4.78 is 5.29. The molecule has 0 spiro atoms. The van der Waals surface area contributed by atoms with E-state index in [0.717, 1.165) is 12.8 Å². The Morgan fingerprint density at radius 3 is 2.93 bits per heavy atom. The highest BCUT2D eigenvalue weighted by Crippen LogP contribution is 2.19. The van der Waals surface area contributed by atoms with Crippen LogP contribution in [0.2, 0.25) is 0 Å². The lowest BCUT2D eigenvalue weighted by Crippen LogP contribution is -1.97. The maximum atomic E-state index is 10.4. The van der Waals surface area contributed by atoms with Crippen LogP contribution in [0, 0.1) is 17.0 Å². The molecule has 0 saturated carbocycles. The Bertz CT molecular complexity index is 312. The zero-order chi connectivity index (χ0) is 10.4. The van der Waals surface area contributed by atoms with Gasteiger partial charge in [-0.3, -0.25) is 10.1 Å². The molecule has 1 radical (unpaired) electrons. The molecule has 0 saturated heterocycles. The molecule has 1 aromatic carbocycles. The average molecular weight is 194 g/mol. The average Bonchev–Trinajstić information content (AvgIpc) is 2.19. The normalized spacial score (nSPS) is 9.79. The highest BCUT2D eigenvalue weighted by atomic mass is 16.6. The van der Waals surface area contributed by atoms with Gasteiger partial charge in [-0.1, -0.05) is 19.4 Å². The molecule has 0 amide bonds. The molecule has 0 N–H and O–H groups in total. The molecule has 0 aromatic heterocycles. The van der Waals surface area contributed by atoms with E-state index in [0.29, 0.717) is 12.4 Å². The largest absolute Gasteiger partial charge is 0.493 e. The van der Waals surface area contributed by atoms with E-state index < -0.39 is 4.92 Å². The molecule has 0 bridgehead atoms. The Kier molecular flexibility index (Phi) is 3.91. The number of hydrogen-bond acceptors (Lipinski definition) is 3. The van der Waals surface area contributed by atoms with Gasteiger partial charge in [-0.25, -0.2) is 0 Å². The minimum atomic E-state index is -0.436. The highest BCUT2D eigenvalue weighted by molar-refractivity contribution is 5.37. The second-order valence-electron chi connectivity index (χ2n) is 2.81. The molecule has 1 aromatic rings. The fourth-order valence-electron chi connectivity index (χ4n) is 0.979. The number of nitrogens with zero attached hydrogens (tertiary/aromatic N) is 1. The summed E-state index contributed by atoms with van der Waals surface area (Å²) in [5.41, 5.74) is 0.0529. The number of ether oxygens (including phenoxy) is 1. The van der Waals surface area contributed by atoms with Crippen molar-refractivity contribution in [3.8, 4) is 5.75 Å². The first-order valence-electron chi connectivity index (χ1n) is 4.40. The summed E-state index contributed by atoms with van der Waals surface area (Å²) in [4.78, 5) is 9.99. The van der Waals surface area contributed by atoms with Crippen molar-refractivity contribution in [3.63, 3.8) is 0 Å². The van der Waals surface area contributed by atoms with E-state index in [1.54, 1.807) is 12.1 Å². The number of rotatable bonds is 5. The van der Waals surface area contributed by atoms with E-state index in [1.165, 1.54) is 12.1 Å². The van der Waals surface area contributed by atoms with Crippen LogP contribution < -0.4 is 4.74 Å². The van der Waals surface area contributed by atoms with Gasteiger partial charge >= 0.3 is 0 Å². The molecular formula is C10H12NO3. The predicted octanol–water partition coefficient (Wildman–Crippen LogP) is 2.59. The molecule has 1 rings (SSSR count). The molecule has 75 valence electrons. The Hall–Kier alpha value is -1.58. The van der Waals surface area contributed by atoms with Crippen LogP contribution in [0.15, 0.2) is 24.3 Å². The summed E-state index contributed by atoms with van der Waals surface area (Å²) in [6, 6.07) is 6.17. The summed E-state index contributed by atoms with van der Waals surface area (Å²) in [5, 5.41) is 10.4. The van der Waals surface area contributed by atoms with E-state index in [1.807, 2.05) is 0 Å². The molecule has 0 aliphatic carbocycles. The van der Waals surface area contributed by atoms with Crippen molar-refractivity contribution >= 4 is 5.69 Å². The van der Waals surface area contributed by atoms with Gasteiger partial charge in [0.1, 0.15) is 5.75 Å². The van der Waals surface area contributed by atoms with Crippen LogP contribution in [-0.2, 0) is 0 Å². The second kappa shape index (κ2) is 5.21. The fourth-order valence-corrected chi connectivity index (χ4v) is 0.979. The Morgan fingerprint density at radius 1 is 1.50 bits per heavy atom. The predicted molar refractivity (Wildman–Crippen MR) is 53.2 cm³/mol. The molecule has 0 fully saturated rings. The van der Waals surface area contributed by atoms with Gasteiger partial charge in [-0.2, -0.15) is 0 Å². The third-order valence-electron chi connectivity index (χ3n) is 1.69. The lowest BCUT2D eigenvalue weighted by Gasteiger charge is -2.03. The van der Waals surface area contributed by atoms with Crippen LogP contribution in [0.3, 0.4) is 0 Å². The van der Waals surface area contributed by atoms with Crippen molar-refractivity contribution in [2.75, 3.05) is 6.61 Å². The van der Waals surface area contributed by atoms with Gasteiger partial charge in [0.15, 0.2) is 0 Å². The summed E-state index contributed by atoms with van der Waals surface area (Å²) >= 11 is 0. The second-order valence-corrected chi connectivity index (χ2v) is 2.81. The molecule has 4 nitrogen and oxygen atoms in total. The van der Waals surface area contributed by atoms with Crippen LogP contribution in [-0.4, -0.2) is 11.5 Å². The minimum Gasteiger partial charge on any atom is -0.493 e.